The van der Waals surface area contributed by atoms with Gasteiger partial charge in [-0.25, -0.2) is 0 Å². The summed E-state index contributed by atoms with van der Waals surface area (Å²) in [6.07, 6.45) is -3.58. The van der Waals surface area contributed by atoms with Crippen LogP contribution in [0.25, 0.3) is 0 Å². The Morgan fingerprint density at radius 2 is 1.89 bits per heavy atom. The Labute approximate surface area is 113 Å². The number of fused-ring (bicyclic) bond motifs is 3. The molecule has 3 aliphatic rings. The highest BCUT2D eigenvalue weighted by Crippen LogP contribution is 2.26. The van der Waals surface area contributed by atoms with Crippen molar-refractivity contribution in [1.29, 1.82) is 0 Å². The molecule has 2 bridgehead atoms. The van der Waals surface area contributed by atoms with Crippen LogP contribution in [0.1, 0.15) is 26.2 Å². The van der Waals surface area contributed by atoms with Gasteiger partial charge < -0.3 is 5.32 Å². The zero-order chi connectivity index (χ0) is 13.9. The van der Waals surface area contributed by atoms with Crippen LogP contribution >= 0.6 is 0 Å². The Balaban J connectivity index is 1.92. The molecule has 112 valence electrons. The number of piperazine rings is 3. The molecule has 0 spiro atoms. The van der Waals surface area contributed by atoms with Gasteiger partial charge in [0.1, 0.15) is 0 Å². The average molecular weight is 279 g/mol. The van der Waals surface area contributed by atoms with Gasteiger partial charge in [0.15, 0.2) is 0 Å². The summed E-state index contributed by atoms with van der Waals surface area (Å²) >= 11 is 0. The van der Waals surface area contributed by atoms with Crippen molar-refractivity contribution in [3.05, 3.63) is 0 Å². The zero-order valence-corrected chi connectivity index (χ0v) is 11.5. The van der Waals surface area contributed by atoms with E-state index < -0.39 is 12.6 Å². The van der Waals surface area contributed by atoms with Gasteiger partial charge in [-0.1, -0.05) is 6.92 Å². The summed E-state index contributed by atoms with van der Waals surface area (Å²) in [7, 11) is 0. The van der Waals surface area contributed by atoms with Crippen molar-refractivity contribution in [3.8, 4) is 0 Å². The van der Waals surface area contributed by atoms with E-state index in [2.05, 4.69) is 15.1 Å². The van der Waals surface area contributed by atoms with Crippen LogP contribution in [-0.4, -0.2) is 67.3 Å². The number of rotatable bonds is 6. The standard InChI is InChI=1S/C13H24F3N3/c1-2-5-17-11(3-4-13(14,15)16)12-10-18-6-8-19(12)9-7-18/h11-12,17H,2-10H2,1H3. The van der Waals surface area contributed by atoms with Gasteiger partial charge in [-0.05, 0) is 19.4 Å². The second kappa shape index (κ2) is 6.41. The van der Waals surface area contributed by atoms with Crippen molar-refractivity contribution in [2.45, 2.75) is 44.4 Å². The molecule has 3 aliphatic heterocycles. The highest BCUT2D eigenvalue weighted by molar-refractivity contribution is 4.95. The number of halogens is 3. The molecule has 19 heavy (non-hydrogen) atoms. The second-order valence-corrected chi connectivity index (χ2v) is 5.62. The van der Waals surface area contributed by atoms with Crippen molar-refractivity contribution >= 4 is 0 Å². The molecule has 2 unspecified atom stereocenters. The average Bonchev–Trinajstić information content (AvgIpc) is 2.39. The first-order valence-electron chi connectivity index (χ1n) is 7.26. The number of alkyl halides is 3. The molecule has 0 aromatic rings. The lowest BCUT2D eigenvalue weighted by molar-refractivity contribution is -0.138. The fraction of sp³-hybridized carbons (Fsp3) is 1.00. The van der Waals surface area contributed by atoms with Crippen LogP contribution in [0.4, 0.5) is 13.2 Å². The number of nitrogens with zero attached hydrogens (tertiary/aromatic N) is 2. The van der Waals surface area contributed by atoms with Crippen LogP contribution < -0.4 is 5.32 Å². The summed E-state index contributed by atoms with van der Waals surface area (Å²) in [5.41, 5.74) is 0. The smallest absolute Gasteiger partial charge is 0.312 e. The number of hydrogen-bond donors (Lipinski definition) is 1. The molecule has 1 N–H and O–H groups in total. The van der Waals surface area contributed by atoms with Crippen molar-refractivity contribution in [3.63, 3.8) is 0 Å². The third-order valence-electron chi connectivity index (χ3n) is 4.18. The van der Waals surface area contributed by atoms with Gasteiger partial charge in [0.2, 0.25) is 0 Å². The molecule has 3 fully saturated rings. The molecule has 0 amide bonds. The Morgan fingerprint density at radius 1 is 1.21 bits per heavy atom. The lowest BCUT2D eigenvalue weighted by atomic mass is 9.96. The van der Waals surface area contributed by atoms with Gasteiger partial charge in [0, 0.05) is 51.2 Å². The van der Waals surface area contributed by atoms with Gasteiger partial charge in [0.05, 0.1) is 0 Å². The first-order valence-corrected chi connectivity index (χ1v) is 7.26. The van der Waals surface area contributed by atoms with Crippen molar-refractivity contribution in [2.75, 3.05) is 39.3 Å². The largest absolute Gasteiger partial charge is 0.389 e. The maximum absolute atomic E-state index is 12.4. The first-order chi connectivity index (χ1) is 8.99. The molecule has 0 aliphatic carbocycles. The van der Waals surface area contributed by atoms with Gasteiger partial charge in [-0.3, -0.25) is 9.80 Å². The molecule has 6 heteroatoms. The maximum Gasteiger partial charge on any atom is 0.389 e. The van der Waals surface area contributed by atoms with E-state index in [4.69, 9.17) is 0 Å². The van der Waals surface area contributed by atoms with Crippen LogP contribution in [0.15, 0.2) is 0 Å². The molecular weight excluding hydrogens is 255 g/mol. The Bertz CT molecular complexity index is 275. The van der Waals surface area contributed by atoms with Crippen LogP contribution in [0.2, 0.25) is 0 Å². The minimum atomic E-state index is -4.05. The van der Waals surface area contributed by atoms with Crippen LogP contribution in [0, 0.1) is 0 Å². The molecule has 0 aromatic carbocycles. The molecule has 3 heterocycles. The van der Waals surface area contributed by atoms with Gasteiger partial charge in [-0.15, -0.1) is 0 Å². The van der Waals surface area contributed by atoms with E-state index in [0.29, 0.717) is 0 Å². The number of nitrogens with one attached hydrogen (secondary N) is 1. The Kier molecular flexibility index (Phi) is 5.09. The highest BCUT2D eigenvalue weighted by Gasteiger charge is 2.38. The summed E-state index contributed by atoms with van der Waals surface area (Å²) in [6, 6.07) is 0.209. The molecule has 3 saturated heterocycles. The highest BCUT2D eigenvalue weighted by atomic mass is 19.4. The summed E-state index contributed by atoms with van der Waals surface area (Å²) in [5, 5.41) is 3.33. The minimum absolute atomic E-state index is 0.0373. The van der Waals surface area contributed by atoms with E-state index in [-0.39, 0.29) is 18.5 Å². The molecule has 0 radical (unpaired) electrons. The van der Waals surface area contributed by atoms with E-state index in [0.717, 1.165) is 45.7 Å². The quantitative estimate of drug-likeness (QED) is 0.798. The van der Waals surface area contributed by atoms with Crippen molar-refractivity contribution in [2.24, 2.45) is 0 Å². The monoisotopic (exact) mass is 279 g/mol. The normalized spacial score (nSPS) is 32.5. The molecule has 3 nitrogen and oxygen atoms in total. The number of hydrogen-bond acceptors (Lipinski definition) is 3. The SMILES string of the molecule is CCCNC(CCC(F)(F)F)C1CN2CCN1CC2. The van der Waals surface area contributed by atoms with E-state index in [1.807, 2.05) is 6.92 Å². The van der Waals surface area contributed by atoms with Crippen molar-refractivity contribution < 1.29 is 13.2 Å². The van der Waals surface area contributed by atoms with E-state index in [1.165, 1.54) is 0 Å². The van der Waals surface area contributed by atoms with E-state index in [1.54, 1.807) is 0 Å². The summed E-state index contributed by atoms with van der Waals surface area (Å²) in [6.45, 7) is 7.89. The van der Waals surface area contributed by atoms with Gasteiger partial charge in [0.25, 0.3) is 0 Å². The fourth-order valence-corrected chi connectivity index (χ4v) is 3.12. The van der Waals surface area contributed by atoms with Crippen LogP contribution in [0.3, 0.4) is 0 Å². The third kappa shape index (κ3) is 4.33. The topological polar surface area (TPSA) is 18.5 Å². The van der Waals surface area contributed by atoms with Crippen LogP contribution in [0.5, 0.6) is 0 Å². The summed E-state index contributed by atoms with van der Waals surface area (Å²) < 4.78 is 37.3. The molecular formula is C13H24F3N3. The lowest BCUT2D eigenvalue weighted by Gasteiger charge is -2.50. The molecule has 0 aromatic heterocycles. The predicted molar refractivity (Wildman–Crippen MR) is 69.2 cm³/mol. The maximum atomic E-state index is 12.4. The lowest BCUT2D eigenvalue weighted by Crippen LogP contribution is -2.66. The minimum Gasteiger partial charge on any atom is -0.312 e. The van der Waals surface area contributed by atoms with Gasteiger partial charge in [-0.2, -0.15) is 13.2 Å². The van der Waals surface area contributed by atoms with E-state index >= 15 is 0 Å². The Hall–Kier alpha value is -0.330. The molecule has 0 saturated carbocycles. The summed E-state index contributed by atoms with van der Waals surface area (Å²) in [4.78, 5) is 4.74. The Morgan fingerprint density at radius 3 is 2.37 bits per heavy atom. The molecule has 2 atom stereocenters. The molecule has 3 rings (SSSR count). The zero-order valence-electron chi connectivity index (χ0n) is 11.5. The van der Waals surface area contributed by atoms with Gasteiger partial charge >= 0.3 is 6.18 Å². The van der Waals surface area contributed by atoms with Crippen LogP contribution in [-0.2, 0) is 0 Å². The van der Waals surface area contributed by atoms with Crippen molar-refractivity contribution in [1.82, 2.24) is 15.1 Å². The first kappa shape index (κ1) is 15.1. The third-order valence-corrected chi connectivity index (χ3v) is 4.18. The summed E-state index contributed by atoms with van der Waals surface area (Å²) in [5.74, 6) is 0. The second-order valence-electron chi connectivity index (χ2n) is 5.62. The predicted octanol–water partition coefficient (Wildman–Crippen LogP) is 1.70. The fourth-order valence-electron chi connectivity index (χ4n) is 3.12. The van der Waals surface area contributed by atoms with E-state index in [9.17, 15) is 13.2 Å².